The van der Waals surface area contributed by atoms with Crippen LogP contribution in [0, 0.1) is 18.3 Å². The Hall–Kier alpha value is -3.36. The summed E-state index contributed by atoms with van der Waals surface area (Å²) in [6.07, 6.45) is 1.49. The van der Waals surface area contributed by atoms with Crippen LogP contribution in [0.15, 0.2) is 60.8 Å². The van der Waals surface area contributed by atoms with Crippen molar-refractivity contribution in [1.82, 2.24) is 4.98 Å². The minimum Gasteiger partial charge on any atom is -0.340 e. The number of carbonyl (C=O) groups excluding carboxylic acids is 1. The zero-order valence-corrected chi connectivity index (χ0v) is 14.7. The van der Waals surface area contributed by atoms with E-state index in [1.807, 2.05) is 19.1 Å². The lowest BCUT2D eigenvalue weighted by molar-refractivity contribution is 0.102. The quantitative estimate of drug-likeness (QED) is 0.691. The number of pyridine rings is 1. The zero-order valence-electron chi connectivity index (χ0n) is 14.0. The van der Waals surface area contributed by atoms with Crippen molar-refractivity contribution in [2.45, 2.75) is 6.92 Å². The summed E-state index contributed by atoms with van der Waals surface area (Å²) in [6.45, 7) is 1.90. The largest absolute Gasteiger partial charge is 0.340 e. The van der Waals surface area contributed by atoms with Gasteiger partial charge >= 0.3 is 0 Å². The Labute approximate surface area is 156 Å². The van der Waals surface area contributed by atoms with Gasteiger partial charge in [0.05, 0.1) is 17.2 Å². The predicted octanol–water partition coefficient (Wildman–Crippen LogP) is 4.91. The lowest BCUT2D eigenvalue weighted by Gasteiger charge is -2.10. The first-order valence-corrected chi connectivity index (χ1v) is 8.24. The standard InChI is InChI=1S/C20H15ClN4O/c1-13-5-7-16(21)10-18(13)25-20(26)15-6-8-19(23-12-15)24-17-4-2-3-14(9-17)11-22/h2-10,12H,1H3,(H,23,24)(H,25,26). The van der Waals surface area contributed by atoms with Gasteiger partial charge in [-0.25, -0.2) is 4.98 Å². The number of amides is 1. The topological polar surface area (TPSA) is 77.8 Å². The van der Waals surface area contributed by atoms with Crippen molar-refractivity contribution >= 4 is 34.7 Å². The molecule has 0 radical (unpaired) electrons. The average molecular weight is 363 g/mol. The van der Waals surface area contributed by atoms with Crippen LogP contribution in [0.5, 0.6) is 0 Å². The van der Waals surface area contributed by atoms with Crippen molar-refractivity contribution in [3.8, 4) is 6.07 Å². The van der Waals surface area contributed by atoms with Gasteiger partial charge in [0.1, 0.15) is 5.82 Å². The molecule has 0 aliphatic rings. The van der Waals surface area contributed by atoms with Crippen molar-refractivity contribution in [2.24, 2.45) is 0 Å². The first-order valence-electron chi connectivity index (χ1n) is 7.86. The summed E-state index contributed by atoms with van der Waals surface area (Å²) >= 11 is 5.97. The number of aromatic nitrogens is 1. The molecule has 3 aromatic rings. The predicted molar refractivity (Wildman–Crippen MR) is 103 cm³/mol. The molecule has 26 heavy (non-hydrogen) atoms. The molecule has 0 saturated heterocycles. The van der Waals surface area contributed by atoms with E-state index in [0.29, 0.717) is 27.7 Å². The highest BCUT2D eigenvalue weighted by atomic mass is 35.5. The van der Waals surface area contributed by atoms with Gasteiger partial charge in [-0.15, -0.1) is 0 Å². The van der Waals surface area contributed by atoms with E-state index in [1.54, 1.807) is 42.5 Å². The zero-order chi connectivity index (χ0) is 18.5. The van der Waals surface area contributed by atoms with Gasteiger partial charge in [-0.3, -0.25) is 4.79 Å². The molecular weight excluding hydrogens is 348 g/mol. The van der Waals surface area contributed by atoms with Crippen molar-refractivity contribution in [3.63, 3.8) is 0 Å². The molecule has 128 valence electrons. The van der Waals surface area contributed by atoms with Crippen LogP contribution in [-0.4, -0.2) is 10.9 Å². The van der Waals surface area contributed by atoms with E-state index >= 15 is 0 Å². The third-order valence-corrected chi connectivity index (χ3v) is 3.97. The molecule has 1 aromatic heterocycles. The van der Waals surface area contributed by atoms with Crippen LogP contribution in [0.1, 0.15) is 21.5 Å². The number of halogens is 1. The minimum absolute atomic E-state index is 0.263. The number of carbonyl (C=O) groups is 1. The summed E-state index contributed by atoms with van der Waals surface area (Å²) < 4.78 is 0. The van der Waals surface area contributed by atoms with Gasteiger partial charge < -0.3 is 10.6 Å². The van der Waals surface area contributed by atoms with E-state index < -0.39 is 0 Å². The highest BCUT2D eigenvalue weighted by molar-refractivity contribution is 6.31. The molecule has 0 aliphatic carbocycles. The Kier molecular flexibility index (Phi) is 5.16. The van der Waals surface area contributed by atoms with E-state index in [1.165, 1.54) is 6.20 Å². The van der Waals surface area contributed by atoms with Gasteiger partial charge in [0.15, 0.2) is 0 Å². The van der Waals surface area contributed by atoms with Crippen LogP contribution in [-0.2, 0) is 0 Å². The van der Waals surface area contributed by atoms with Crippen molar-refractivity contribution < 1.29 is 4.79 Å². The van der Waals surface area contributed by atoms with Gasteiger partial charge in [0, 0.05) is 22.6 Å². The monoisotopic (exact) mass is 362 g/mol. The average Bonchev–Trinajstić information content (AvgIpc) is 2.65. The molecule has 0 fully saturated rings. The SMILES string of the molecule is Cc1ccc(Cl)cc1NC(=O)c1ccc(Nc2cccc(C#N)c2)nc1. The number of nitrogens with zero attached hydrogens (tertiary/aromatic N) is 2. The fraction of sp³-hybridized carbons (Fsp3) is 0.0500. The lowest BCUT2D eigenvalue weighted by atomic mass is 10.2. The van der Waals surface area contributed by atoms with Crippen LogP contribution >= 0.6 is 11.6 Å². The Morgan fingerprint density at radius 2 is 2.00 bits per heavy atom. The number of hydrogen-bond donors (Lipinski definition) is 2. The molecular formula is C20H15ClN4O. The molecule has 0 aliphatic heterocycles. The van der Waals surface area contributed by atoms with Crippen LogP contribution in [0.4, 0.5) is 17.2 Å². The second-order valence-corrected chi connectivity index (χ2v) is 6.10. The molecule has 2 aromatic carbocycles. The summed E-state index contributed by atoms with van der Waals surface area (Å²) in [7, 11) is 0. The second-order valence-electron chi connectivity index (χ2n) is 5.66. The number of rotatable bonds is 4. The Bertz CT molecular complexity index is 993. The molecule has 3 rings (SSSR count). The van der Waals surface area contributed by atoms with Crippen molar-refractivity contribution in [3.05, 3.63) is 82.5 Å². The summed E-state index contributed by atoms with van der Waals surface area (Å²) in [5, 5.41) is 15.4. The Balaban J connectivity index is 1.71. The van der Waals surface area contributed by atoms with Crippen LogP contribution < -0.4 is 10.6 Å². The van der Waals surface area contributed by atoms with Crippen LogP contribution in [0.25, 0.3) is 0 Å². The van der Waals surface area contributed by atoms with E-state index in [-0.39, 0.29) is 5.91 Å². The number of hydrogen-bond acceptors (Lipinski definition) is 4. The molecule has 6 heteroatoms. The normalized spacial score (nSPS) is 10.0. The molecule has 0 spiro atoms. The number of nitrogens with one attached hydrogen (secondary N) is 2. The fourth-order valence-electron chi connectivity index (χ4n) is 2.34. The van der Waals surface area contributed by atoms with Gasteiger partial charge in [-0.2, -0.15) is 5.26 Å². The molecule has 0 unspecified atom stereocenters. The first kappa shape index (κ1) is 17.5. The highest BCUT2D eigenvalue weighted by Crippen LogP contribution is 2.21. The highest BCUT2D eigenvalue weighted by Gasteiger charge is 2.09. The van der Waals surface area contributed by atoms with Gasteiger partial charge in [0.25, 0.3) is 5.91 Å². The van der Waals surface area contributed by atoms with Crippen molar-refractivity contribution in [2.75, 3.05) is 10.6 Å². The maximum atomic E-state index is 12.4. The minimum atomic E-state index is -0.263. The van der Waals surface area contributed by atoms with Crippen LogP contribution in [0.2, 0.25) is 5.02 Å². The van der Waals surface area contributed by atoms with Crippen LogP contribution in [0.3, 0.4) is 0 Å². The summed E-state index contributed by atoms with van der Waals surface area (Å²) in [4.78, 5) is 16.6. The number of aryl methyl sites for hydroxylation is 1. The number of nitriles is 1. The number of benzene rings is 2. The third kappa shape index (κ3) is 4.18. The smallest absolute Gasteiger partial charge is 0.257 e. The van der Waals surface area contributed by atoms with Gasteiger partial charge in [0.2, 0.25) is 0 Å². The second kappa shape index (κ2) is 7.68. The van der Waals surface area contributed by atoms with Crippen molar-refractivity contribution in [1.29, 1.82) is 5.26 Å². The van der Waals surface area contributed by atoms with Gasteiger partial charge in [-0.05, 0) is 55.0 Å². The summed E-state index contributed by atoms with van der Waals surface area (Å²) in [6, 6.07) is 17.9. The lowest BCUT2D eigenvalue weighted by Crippen LogP contribution is -2.13. The fourth-order valence-corrected chi connectivity index (χ4v) is 2.51. The first-order chi connectivity index (χ1) is 12.5. The molecule has 1 heterocycles. The molecule has 0 atom stereocenters. The Morgan fingerprint density at radius 1 is 1.15 bits per heavy atom. The third-order valence-electron chi connectivity index (χ3n) is 3.74. The molecule has 1 amide bonds. The molecule has 5 nitrogen and oxygen atoms in total. The van der Waals surface area contributed by atoms with Gasteiger partial charge in [-0.1, -0.05) is 23.7 Å². The summed E-state index contributed by atoms with van der Waals surface area (Å²) in [5.41, 5.74) is 3.33. The molecule has 0 bridgehead atoms. The molecule has 2 N–H and O–H groups in total. The Morgan fingerprint density at radius 3 is 2.73 bits per heavy atom. The summed E-state index contributed by atoms with van der Waals surface area (Å²) in [5.74, 6) is 0.316. The maximum Gasteiger partial charge on any atom is 0.257 e. The van der Waals surface area contributed by atoms with E-state index in [2.05, 4.69) is 21.7 Å². The van der Waals surface area contributed by atoms with E-state index in [4.69, 9.17) is 16.9 Å². The molecule has 0 saturated carbocycles. The maximum absolute atomic E-state index is 12.4. The van der Waals surface area contributed by atoms with E-state index in [9.17, 15) is 4.79 Å². The van der Waals surface area contributed by atoms with E-state index in [0.717, 1.165) is 11.3 Å². The number of anilines is 3.